The Kier molecular flexibility index (Phi) is 6.16. The largest absolute Gasteiger partial charge is 0.375 e. The van der Waals surface area contributed by atoms with Crippen molar-refractivity contribution in [3.05, 3.63) is 0 Å². The molecule has 2 N–H and O–H groups in total. The van der Waals surface area contributed by atoms with Gasteiger partial charge in [-0.3, -0.25) is 14.5 Å². The second kappa shape index (κ2) is 7.89. The maximum absolute atomic E-state index is 12.3. The lowest BCUT2D eigenvalue weighted by Gasteiger charge is -2.35. The van der Waals surface area contributed by atoms with Crippen LogP contribution in [0.2, 0.25) is 0 Å². The van der Waals surface area contributed by atoms with E-state index in [9.17, 15) is 9.59 Å². The van der Waals surface area contributed by atoms with Crippen molar-refractivity contribution in [2.75, 3.05) is 46.9 Å². The van der Waals surface area contributed by atoms with Crippen LogP contribution in [0.5, 0.6) is 0 Å². The van der Waals surface area contributed by atoms with Crippen molar-refractivity contribution in [1.29, 1.82) is 0 Å². The molecule has 2 amide bonds. The first-order chi connectivity index (χ1) is 10.5. The number of hydrogen-bond acceptors (Lipinski definition) is 5. The van der Waals surface area contributed by atoms with Crippen molar-refractivity contribution in [2.24, 2.45) is 0 Å². The third-order valence-corrected chi connectivity index (χ3v) is 4.39. The van der Waals surface area contributed by atoms with Gasteiger partial charge in [-0.1, -0.05) is 0 Å². The molecule has 0 spiro atoms. The first kappa shape index (κ1) is 17.2. The van der Waals surface area contributed by atoms with Crippen LogP contribution in [0, 0.1) is 0 Å². The lowest BCUT2D eigenvalue weighted by atomic mass is 10.0. The Morgan fingerprint density at radius 3 is 2.59 bits per heavy atom. The molecule has 2 rings (SSSR count). The van der Waals surface area contributed by atoms with Gasteiger partial charge in [-0.05, 0) is 19.8 Å². The number of nitrogens with zero attached hydrogens (tertiary/aromatic N) is 2. The zero-order valence-corrected chi connectivity index (χ0v) is 13.8. The molecule has 0 aromatic rings. The van der Waals surface area contributed by atoms with Gasteiger partial charge in [0.25, 0.3) is 0 Å². The molecule has 22 heavy (non-hydrogen) atoms. The summed E-state index contributed by atoms with van der Waals surface area (Å²) in [6, 6.07) is -0.0729. The number of likely N-dealkylation sites (tertiary alicyclic amines) is 1. The molecule has 0 bridgehead atoms. The van der Waals surface area contributed by atoms with Gasteiger partial charge in [0, 0.05) is 39.8 Å². The van der Waals surface area contributed by atoms with E-state index in [1.807, 2.05) is 6.92 Å². The molecule has 126 valence electrons. The van der Waals surface area contributed by atoms with Crippen molar-refractivity contribution in [3.63, 3.8) is 0 Å². The fourth-order valence-electron chi connectivity index (χ4n) is 2.89. The minimum absolute atomic E-state index is 0.0232. The van der Waals surface area contributed by atoms with Gasteiger partial charge in [-0.25, -0.2) is 0 Å². The van der Waals surface area contributed by atoms with Gasteiger partial charge in [-0.2, -0.15) is 0 Å². The van der Waals surface area contributed by atoms with Crippen LogP contribution >= 0.6 is 0 Å². The predicted molar refractivity (Wildman–Crippen MR) is 83.5 cm³/mol. The number of likely N-dealkylation sites (N-methyl/N-ethyl adjacent to an activating group) is 1. The van der Waals surface area contributed by atoms with Crippen molar-refractivity contribution in [2.45, 2.75) is 38.0 Å². The Balaban J connectivity index is 1.73. The molecule has 2 heterocycles. The molecule has 0 saturated carbocycles. The molecule has 2 saturated heterocycles. The monoisotopic (exact) mass is 312 g/mol. The summed E-state index contributed by atoms with van der Waals surface area (Å²) in [5.41, 5.74) is 0. The lowest BCUT2D eigenvalue weighted by molar-refractivity contribution is -0.132. The number of carbonyl (C=O) groups excluding carboxylic acids is 2. The molecule has 2 fully saturated rings. The highest BCUT2D eigenvalue weighted by molar-refractivity contribution is 5.82. The highest BCUT2D eigenvalue weighted by atomic mass is 16.5. The molecule has 0 aromatic carbocycles. The van der Waals surface area contributed by atoms with Crippen molar-refractivity contribution in [3.8, 4) is 0 Å². The van der Waals surface area contributed by atoms with E-state index in [0.717, 1.165) is 25.9 Å². The zero-order chi connectivity index (χ0) is 16.1. The van der Waals surface area contributed by atoms with Gasteiger partial charge in [-0.15, -0.1) is 0 Å². The summed E-state index contributed by atoms with van der Waals surface area (Å²) in [4.78, 5) is 27.8. The van der Waals surface area contributed by atoms with Gasteiger partial charge in [0.05, 0.1) is 19.3 Å². The number of amides is 2. The van der Waals surface area contributed by atoms with Crippen molar-refractivity contribution >= 4 is 11.8 Å². The van der Waals surface area contributed by atoms with Gasteiger partial charge < -0.3 is 20.3 Å². The molecule has 0 aliphatic carbocycles. The molecule has 0 aromatic heterocycles. The molecule has 7 nitrogen and oxygen atoms in total. The summed E-state index contributed by atoms with van der Waals surface area (Å²) in [6.07, 6.45) is 1.68. The van der Waals surface area contributed by atoms with Crippen LogP contribution in [-0.4, -0.2) is 86.7 Å². The van der Waals surface area contributed by atoms with Crippen LogP contribution in [0.1, 0.15) is 19.8 Å². The summed E-state index contributed by atoms with van der Waals surface area (Å²) >= 11 is 0. The average Bonchev–Trinajstić information content (AvgIpc) is 2.49. The number of carbonyl (C=O) groups is 2. The lowest BCUT2D eigenvalue weighted by Crippen LogP contribution is -2.58. The maximum atomic E-state index is 12.3. The molecular weight excluding hydrogens is 284 g/mol. The number of rotatable bonds is 4. The van der Waals surface area contributed by atoms with Crippen LogP contribution in [0.15, 0.2) is 0 Å². The summed E-state index contributed by atoms with van der Waals surface area (Å²) < 4.78 is 5.51. The third kappa shape index (κ3) is 4.66. The summed E-state index contributed by atoms with van der Waals surface area (Å²) in [5, 5.41) is 6.32. The van der Waals surface area contributed by atoms with Crippen LogP contribution in [-0.2, 0) is 14.3 Å². The maximum Gasteiger partial charge on any atom is 0.240 e. The first-order valence-electron chi connectivity index (χ1n) is 8.05. The smallest absolute Gasteiger partial charge is 0.240 e. The Hall–Kier alpha value is -1.18. The fraction of sp³-hybridized carbons (Fsp3) is 0.867. The Morgan fingerprint density at radius 2 is 2.00 bits per heavy atom. The van der Waals surface area contributed by atoms with E-state index >= 15 is 0 Å². The Morgan fingerprint density at radius 1 is 1.32 bits per heavy atom. The van der Waals surface area contributed by atoms with Crippen LogP contribution in [0.3, 0.4) is 0 Å². The van der Waals surface area contributed by atoms with E-state index in [2.05, 4.69) is 15.5 Å². The van der Waals surface area contributed by atoms with E-state index in [4.69, 9.17) is 4.74 Å². The number of piperidine rings is 1. The third-order valence-electron chi connectivity index (χ3n) is 4.39. The Labute approximate surface area is 132 Å². The van der Waals surface area contributed by atoms with Crippen LogP contribution in [0.25, 0.3) is 0 Å². The van der Waals surface area contributed by atoms with E-state index in [-0.39, 0.29) is 30.0 Å². The SMILES string of the molecule is C[C@H]1OCCN[C@@H]1C(=O)NC1CCN(CC(=O)N(C)C)CC1. The highest BCUT2D eigenvalue weighted by Gasteiger charge is 2.30. The number of ether oxygens (including phenoxy) is 1. The average molecular weight is 312 g/mol. The predicted octanol–water partition coefficient (Wildman–Crippen LogP) is -0.968. The van der Waals surface area contributed by atoms with Gasteiger partial charge >= 0.3 is 0 Å². The normalized spacial score (nSPS) is 27.4. The minimum Gasteiger partial charge on any atom is -0.375 e. The summed E-state index contributed by atoms with van der Waals surface area (Å²) in [5.74, 6) is 0.148. The second-order valence-electron chi connectivity index (χ2n) is 6.35. The highest BCUT2D eigenvalue weighted by Crippen LogP contribution is 2.12. The molecule has 7 heteroatoms. The fourth-order valence-corrected chi connectivity index (χ4v) is 2.89. The van der Waals surface area contributed by atoms with Gasteiger partial charge in [0.1, 0.15) is 6.04 Å². The summed E-state index contributed by atoms with van der Waals surface area (Å²) in [7, 11) is 3.55. The molecule has 2 aliphatic heterocycles. The van der Waals surface area contributed by atoms with E-state index in [1.165, 1.54) is 0 Å². The summed E-state index contributed by atoms with van der Waals surface area (Å²) in [6.45, 7) is 5.44. The molecular formula is C15H28N4O3. The van der Waals surface area contributed by atoms with Crippen LogP contribution in [0.4, 0.5) is 0 Å². The molecule has 2 aliphatic rings. The minimum atomic E-state index is -0.262. The first-order valence-corrected chi connectivity index (χ1v) is 8.05. The van der Waals surface area contributed by atoms with E-state index < -0.39 is 0 Å². The van der Waals surface area contributed by atoms with E-state index in [1.54, 1.807) is 19.0 Å². The standard InChI is InChI=1S/C15H28N4O3/c1-11-14(16-6-9-22-11)15(21)17-12-4-7-19(8-5-12)10-13(20)18(2)3/h11-12,14,16H,4-10H2,1-3H3,(H,17,21)/t11-,14+/m1/s1. The number of hydrogen-bond donors (Lipinski definition) is 2. The van der Waals surface area contributed by atoms with E-state index in [0.29, 0.717) is 19.7 Å². The molecule has 2 atom stereocenters. The second-order valence-corrected chi connectivity index (χ2v) is 6.35. The molecule has 0 radical (unpaired) electrons. The van der Waals surface area contributed by atoms with Crippen molar-refractivity contribution < 1.29 is 14.3 Å². The zero-order valence-electron chi connectivity index (χ0n) is 13.8. The van der Waals surface area contributed by atoms with Gasteiger partial charge in [0.15, 0.2) is 0 Å². The van der Waals surface area contributed by atoms with Crippen LogP contribution < -0.4 is 10.6 Å². The Bertz CT molecular complexity index is 394. The number of nitrogens with one attached hydrogen (secondary N) is 2. The molecule has 0 unspecified atom stereocenters. The quantitative estimate of drug-likeness (QED) is 0.699. The topological polar surface area (TPSA) is 73.9 Å². The van der Waals surface area contributed by atoms with Gasteiger partial charge in [0.2, 0.25) is 11.8 Å². The number of morpholine rings is 1. The van der Waals surface area contributed by atoms with Crippen molar-refractivity contribution in [1.82, 2.24) is 20.4 Å².